The van der Waals surface area contributed by atoms with E-state index in [4.69, 9.17) is 0 Å². The maximum absolute atomic E-state index is 13.7. The van der Waals surface area contributed by atoms with Gasteiger partial charge in [-0.25, -0.2) is 4.39 Å². The van der Waals surface area contributed by atoms with Crippen LogP contribution in [0, 0.1) is 18.7 Å². The van der Waals surface area contributed by atoms with E-state index in [2.05, 4.69) is 15.9 Å². The molecular formula is C14H17BrFNO. The SMILES string of the molecule is Cc1ccc(F)c(C(=O)N2CCC(CCBr)C2)c1. The third kappa shape index (κ3) is 2.91. The maximum Gasteiger partial charge on any atom is 0.256 e. The first kappa shape index (κ1) is 13.5. The number of rotatable bonds is 3. The fraction of sp³-hybridized carbons (Fsp3) is 0.500. The second-order valence-corrected chi connectivity index (χ2v) is 5.66. The van der Waals surface area contributed by atoms with Crippen LogP contribution in [-0.4, -0.2) is 29.2 Å². The lowest BCUT2D eigenvalue weighted by molar-refractivity contribution is 0.0782. The zero-order valence-electron chi connectivity index (χ0n) is 10.5. The fourth-order valence-corrected chi connectivity index (χ4v) is 3.03. The van der Waals surface area contributed by atoms with Gasteiger partial charge in [0.2, 0.25) is 0 Å². The molecule has 1 aliphatic rings. The molecule has 1 fully saturated rings. The summed E-state index contributed by atoms with van der Waals surface area (Å²) in [5.74, 6) is -0.0518. The molecule has 98 valence electrons. The van der Waals surface area contributed by atoms with E-state index in [0.29, 0.717) is 5.92 Å². The van der Waals surface area contributed by atoms with E-state index in [1.807, 2.05) is 6.92 Å². The van der Waals surface area contributed by atoms with Gasteiger partial charge in [0.25, 0.3) is 5.91 Å². The second kappa shape index (κ2) is 5.83. The predicted octanol–water partition coefficient (Wildman–Crippen LogP) is 3.38. The van der Waals surface area contributed by atoms with Crippen molar-refractivity contribution >= 4 is 21.8 Å². The molecule has 2 rings (SSSR count). The third-order valence-corrected chi connectivity index (χ3v) is 3.90. The first-order chi connectivity index (χ1) is 8.61. The van der Waals surface area contributed by atoms with Crippen LogP contribution in [0.4, 0.5) is 4.39 Å². The van der Waals surface area contributed by atoms with E-state index in [-0.39, 0.29) is 11.5 Å². The molecule has 1 aromatic carbocycles. The summed E-state index contributed by atoms with van der Waals surface area (Å²) in [6.07, 6.45) is 2.09. The number of aryl methyl sites for hydroxylation is 1. The molecule has 0 saturated carbocycles. The van der Waals surface area contributed by atoms with E-state index in [1.165, 1.54) is 6.07 Å². The Morgan fingerprint density at radius 2 is 2.33 bits per heavy atom. The highest BCUT2D eigenvalue weighted by atomic mass is 79.9. The van der Waals surface area contributed by atoms with Gasteiger partial charge < -0.3 is 4.90 Å². The Morgan fingerprint density at radius 1 is 1.56 bits per heavy atom. The van der Waals surface area contributed by atoms with Gasteiger partial charge in [-0.05, 0) is 37.8 Å². The van der Waals surface area contributed by atoms with E-state index in [9.17, 15) is 9.18 Å². The number of amides is 1. The summed E-state index contributed by atoms with van der Waals surface area (Å²) in [6, 6.07) is 4.69. The number of carbonyl (C=O) groups excluding carboxylic acids is 1. The van der Waals surface area contributed by atoms with E-state index < -0.39 is 5.82 Å². The highest BCUT2D eigenvalue weighted by molar-refractivity contribution is 9.09. The van der Waals surface area contributed by atoms with Crippen LogP contribution in [0.1, 0.15) is 28.8 Å². The molecule has 0 N–H and O–H groups in total. The van der Waals surface area contributed by atoms with Gasteiger partial charge >= 0.3 is 0 Å². The van der Waals surface area contributed by atoms with Gasteiger partial charge in [-0.1, -0.05) is 27.6 Å². The van der Waals surface area contributed by atoms with Crippen LogP contribution in [0.5, 0.6) is 0 Å². The highest BCUT2D eigenvalue weighted by Crippen LogP contribution is 2.23. The van der Waals surface area contributed by atoms with Crippen molar-refractivity contribution in [3.8, 4) is 0 Å². The smallest absolute Gasteiger partial charge is 0.256 e. The van der Waals surface area contributed by atoms with Crippen LogP contribution in [0.2, 0.25) is 0 Å². The lowest BCUT2D eigenvalue weighted by atomic mass is 10.1. The number of benzene rings is 1. The van der Waals surface area contributed by atoms with Gasteiger partial charge in [-0.2, -0.15) is 0 Å². The summed E-state index contributed by atoms with van der Waals surface area (Å²) < 4.78 is 13.7. The first-order valence-corrected chi connectivity index (χ1v) is 7.35. The molecule has 0 aromatic heterocycles. The van der Waals surface area contributed by atoms with Crippen molar-refractivity contribution in [1.29, 1.82) is 0 Å². The normalized spacial score (nSPS) is 19.3. The molecule has 0 bridgehead atoms. The minimum atomic E-state index is -0.422. The van der Waals surface area contributed by atoms with Gasteiger partial charge in [0.1, 0.15) is 5.82 Å². The molecule has 1 aliphatic heterocycles. The van der Waals surface area contributed by atoms with E-state index in [0.717, 1.165) is 36.8 Å². The Morgan fingerprint density at radius 3 is 3.06 bits per heavy atom. The van der Waals surface area contributed by atoms with Crippen molar-refractivity contribution < 1.29 is 9.18 Å². The average Bonchev–Trinajstić information content (AvgIpc) is 2.80. The number of alkyl halides is 1. The molecule has 2 nitrogen and oxygen atoms in total. The minimum Gasteiger partial charge on any atom is -0.338 e. The standard InChI is InChI=1S/C14H17BrFNO/c1-10-2-3-13(16)12(8-10)14(18)17-7-5-11(9-17)4-6-15/h2-3,8,11H,4-7,9H2,1H3. The Kier molecular flexibility index (Phi) is 4.38. The van der Waals surface area contributed by atoms with Crippen molar-refractivity contribution in [1.82, 2.24) is 4.90 Å². The Hall–Kier alpha value is -0.900. The molecular weight excluding hydrogens is 297 g/mol. The van der Waals surface area contributed by atoms with Crippen LogP contribution in [-0.2, 0) is 0 Å². The second-order valence-electron chi connectivity index (χ2n) is 4.87. The number of hydrogen-bond donors (Lipinski definition) is 0. The van der Waals surface area contributed by atoms with Gasteiger partial charge in [0.05, 0.1) is 5.56 Å². The molecule has 0 radical (unpaired) electrons. The van der Waals surface area contributed by atoms with E-state index in [1.54, 1.807) is 17.0 Å². The first-order valence-electron chi connectivity index (χ1n) is 6.23. The monoisotopic (exact) mass is 313 g/mol. The molecule has 1 aromatic rings. The largest absolute Gasteiger partial charge is 0.338 e. The Bertz CT molecular complexity index is 449. The number of nitrogens with zero attached hydrogens (tertiary/aromatic N) is 1. The van der Waals surface area contributed by atoms with Crippen LogP contribution in [0.25, 0.3) is 0 Å². The molecule has 0 aliphatic carbocycles. The topological polar surface area (TPSA) is 20.3 Å². The molecule has 18 heavy (non-hydrogen) atoms. The van der Waals surface area contributed by atoms with Gasteiger partial charge in [-0.3, -0.25) is 4.79 Å². The van der Waals surface area contributed by atoms with Crippen LogP contribution in [0.15, 0.2) is 18.2 Å². The number of likely N-dealkylation sites (tertiary alicyclic amines) is 1. The summed E-state index contributed by atoms with van der Waals surface area (Å²) in [7, 11) is 0. The molecule has 1 amide bonds. The summed E-state index contributed by atoms with van der Waals surface area (Å²) in [5.41, 5.74) is 1.12. The summed E-state index contributed by atoms with van der Waals surface area (Å²) in [6.45, 7) is 3.36. The van der Waals surface area contributed by atoms with Crippen molar-refractivity contribution in [3.05, 3.63) is 35.1 Å². The lowest BCUT2D eigenvalue weighted by Gasteiger charge is -2.17. The number of carbonyl (C=O) groups is 1. The van der Waals surface area contributed by atoms with Crippen molar-refractivity contribution in [3.63, 3.8) is 0 Å². The van der Waals surface area contributed by atoms with Crippen molar-refractivity contribution in [2.45, 2.75) is 19.8 Å². The molecule has 0 spiro atoms. The Labute approximate surface area is 115 Å². The predicted molar refractivity (Wildman–Crippen MR) is 73.6 cm³/mol. The van der Waals surface area contributed by atoms with Crippen LogP contribution >= 0.6 is 15.9 Å². The quantitative estimate of drug-likeness (QED) is 0.783. The summed E-state index contributed by atoms with van der Waals surface area (Å²) in [4.78, 5) is 14.0. The highest BCUT2D eigenvalue weighted by Gasteiger charge is 2.27. The van der Waals surface area contributed by atoms with Crippen molar-refractivity contribution in [2.24, 2.45) is 5.92 Å². The number of halogens is 2. The molecule has 1 saturated heterocycles. The molecule has 1 atom stereocenters. The van der Waals surface area contributed by atoms with E-state index >= 15 is 0 Å². The van der Waals surface area contributed by atoms with Crippen molar-refractivity contribution in [2.75, 3.05) is 18.4 Å². The van der Waals surface area contributed by atoms with Crippen LogP contribution < -0.4 is 0 Å². The molecule has 1 heterocycles. The average molecular weight is 314 g/mol. The third-order valence-electron chi connectivity index (χ3n) is 3.44. The van der Waals surface area contributed by atoms with Crippen LogP contribution in [0.3, 0.4) is 0 Å². The zero-order valence-corrected chi connectivity index (χ0v) is 12.0. The van der Waals surface area contributed by atoms with Gasteiger partial charge in [-0.15, -0.1) is 0 Å². The lowest BCUT2D eigenvalue weighted by Crippen LogP contribution is -2.29. The van der Waals surface area contributed by atoms with Gasteiger partial charge in [0.15, 0.2) is 0 Å². The number of hydrogen-bond acceptors (Lipinski definition) is 1. The summed E-state index contributed by atoms with van der Waals surface area (Å²) in [5, 5.41) is 0.957. The maximum atomic E-state index is 13.7. The molecule has 4 heteroatoms. The molecule has 1 unspecified atom stereocenters. The fourth-order valence-electron chi connectivity index (χ4n) is 2.38. The zero-order chi connectivity index (χ0) is 13.1. The summed E-state index contributed by atoms with van der Waals surface area (Å²) >= 11 is 3.42. The Balaban J connectivity index is 2.10. The van der Waals surface area contributed by atoms with Gasteiger partial charge in [0, 0.05) is 18.4 Å². The minimum absolute atomic E-state index is 0.173.